The molecule has 0 aromatic heterocycles. The summed E-state index contributed by atoms with van der Waals surface area (Å²) in [6, 6.07) is 1.91. The molecule has 0 fully saturated rings. The molecule has 1 aromatic carbocycles. The van der Waals surface area contributed by atoms with Crippen LogP contribution in [0.5, 0.6) is 11.5 Å². The van der Waals surface area contributed by atoms with E-state index in [1.54, 1.807) is 7.11 Å². The summed E-state index contributed by atoms with van der Waals surface area (Å²) in [6.07, 6.45) is 9.37. The van der Waals surface area contributed by atoms with E-state index in [9.17, 15) is 9.59 Å². The van der Waals surface area contributed by atoms with Gasteiger partial charge in [0.15, 0.2) is 5.92 Å². The van der Waals surface area contributed by atoms with Crippen molar-refractivity contribution in [1.82, 2.24) is 0 Å². The van der Waals surface area contributed by atoms with Gasteiger partial charge in [0.2, 0.25) is 0 Å². The molecule has 1 aromatic rings. The quantitative estimate of drug-likeness (QED) is 0.141. The Kier molecular flexibility index (Phi) is 15.4. The summed E-state index contributed by atoms with van der Waals surface area (Å²) in [7, 11) is 4.22. The molecule has 0 bridgehead atoms. The van der Waals surface area contributed by atoms with Crippen molar-refractivity contribution in [2.45, 2.75) is 112 Å². The van der Waals surface area contributed by atoms with Crippen LogP contribution in [-0.2, 0) is 19.1 Å². The Balaban J connectivity index is 2.86. The highest BCUT2D eigenvalue weighted by molar-refractivity contribution is 5.95. The van der Waals surface area contributed by atoms with Gasteiger partial charge >= 0.3 is 11.9 Å². The molecule has 0 aliphatic carbocycles. The molecule has 0 saturated carbocycles. The molecule has 6 heteroatoms. The number of ether oxygens (including phenoxy) is 4. The molecule has 0 aliphatic rings. The highest BCUT2D eigenvalue weighted by Gasteiger charge is 2.39. The van der Waals surface area contributed by atoms with Gasteiger partial charge in [0.05, 0.1) is 21.3 Å². The van der Waals surface area contributed by atoms with Crippen molar-refractivity contribution in [3.05, 3.63) is 22.8 Å². The molecule has 0 heterocycles. The smallest absolute Gasteiger partial charge is 0.323 e. The first kappa shape index (κ1) is 33.8. The minimum atomic E-state index is -1.14. The monoisotopic (exact) mass is 534 g/mol. The molecule has 6 nitrogen and oxygen atoms in total. The molecule has 1 rings (SSSR count). The summed E-state index contributed by atoms with van der Waals surface area (Å²) in [5.41, 5.74) is 2.83. The maximum absolute atomic E-state index is 12.7. The zero-order chi connectivity index (χ0) is 28.8. The average Bonchev–Trinajstić information content (AvgIpc) is 2.86. The third-order valence-corrected chi connectivity index (χ3v) is 7.80. The predicted octanol–water partition coefficient (Wildman–Crippen LogP) is 7.77. The lowest BCUT2D eigenvalue weighted by atomic mass is 9.90. The molecular weight excluding hydrogens is 480 g/mol. The Morgan fingerprint density at radius 3 is 1.63 bits per heavy atom. The van der Waals surface area contributed by atoms with E-state index in [-0.39, 0.29) is 0 Å². The first-order valence-corrected chi connectivity index (χ1v) is 14.4. The summed E-state index contributed by atoms with van der Waals surface area (Å²) in [5, 5.41) is 0. The van der Waals surface area contributed by atoms with Gasteiger partial charge in [-0.25, -0.2) is 0 Å². The fraction of sp³-hybridized carbons (Fsp3) is 0.750. The molecule has 0 spiro atoms. The second-order valence-corrected chi connectivity index (χ2v) is 11.6. The summed E-state index contributed by atoms with van der Waals surface area (Å²) >= 11 is 0. The molecule has 0 saturated heterocycles. The summed E-state index contributed by atoms with van der Waals surface area (Å²) < 4.78 is 21.9. The molecule has 1 unspecified atom stereocenters. The normalized spacial score (nSPS) is 13.8. The van der Waals surface area contributed by atoms with E-state index in [1.807, 2.05) is 26.8 Å². The molecule has 3 atom stereocenters. The zero-order valence-corrected chi connectivity index (χ0v) is 25.8. The van der Waals surface area contributed by atoms with E-state index >= 15 is 0 Å². The van der Waals surface area contributed by atoms with Gasteiger partial charge < -0.3 is 18.9 Å². The fourth-order valence-corrected chi connectivity index (χ4v) is 5.21. The van der Waals surface area contributed by atoms with E-state index in [0.29, 0.717) is 18.1 Å². The molecule has 0 aliphatic heterocycles. The summed E-state index contributed by atoms with van der Waals surface area (Å²) in [5.74, 6) is 1.17. The number of benzene rings is 1. The van der Waals surface area contributed by atoms with Gasteiger partial charge in [0.25, 0.3) is 0 Å². The van der Waals surface area contributed by atoms with Crippen molar-refractivity contribution in [2.75, 3.05) is 21.3 Å². The van der Waals surface area contributed by atoms with Gasteiger partial charge in [0, 0.05) is 0 Å². The Bertz CT molecular complexity index is 846. The summed E-state index contributed by atoms with van der Waals surface area (Å²) in [6.45, 7) is 15.1. The lowest BCUT2D eigenvalue weighted by molar-refractivity contribution is -0.163. The highest BCUT2D eigenvalue weighted by Crippen LogP contribution is 2.35. The fourth-order valence-electron chi connectivity index (χ4n) is 5.21. The third kappa shape index (κ3) is 10.9. The number of rotatable bonds is 18. The lowest BCUT2D eigenvalue weighted by Gasteiger charge is -2.27. The third-order valence-electron chi connectivity index (χ3n) is 7.80. The van der Waals surface area contributed by atoms with Crippen LogP contribution in [-0.4, -0.2) is 39.4 Å². The number of carbonyl (C=O) groups excluding carboxylic acids is 2. The summed E-state index contributed by atoms with van der Waals surface area (Å²) in [4.78, 5) is 25.3. The molecular formula is C32H54O6. The van der Waals surface area contributed by atoms with E-state index in [1.165, 1.54) is 52.7 Å². The Hall–Kier alpha value is -2.24. The largest absolute Gasteiger partial charge is 0.496 e. The number of methoxy groups -OCH3 is 3. The first-order valence-electron chi connectivity index (χ1n) is 14.4. The lowest BCUT2D eigenvalue weighted by Crippen LogP contribution is -2.40. The van der Waals surface area contributed by atoms with E-state index in [0.717, 1.165) is 47.1 Å². The Labute approximate surface area is 232 Å². The number of hydrogen-bond donors (Lipinski definition) is 0. The van der Waals surface area contributed by atoms with Crippen LogP contribution in [0.2, 0.25) is 0 Å². The molecule has 0 amide bonds. The van der Waals surface area contributed by atoms with E-state index in [2.05, 4.69) is 27.7 Å². The van der Waals surface area contributed by atoms with Crippen LogP contribution in [0.4, 0.5) is 0 Å². The first-order chi connectivity index (χ1) is 18.0. The minimum Gasteiger partial charge on any atom is -0.496 e. The van der Waals surface area contributed by atoms with Crippen LogP contribution in [0.3, 0.4) is 0 Å². The second kappa shape index (κ2) is 17.4. The average molecular weight is 535 g/mol. The van der Waals surface area contributed by atoms with Gasteiger partial charge in [-0.3, -0.25) is 9.59 Å². The Morgan fingerprint density at radius 2 is 1.18 bits per heavy atom. The number of esters is 2. The molecule has 38 heavy (non-hydrogen) atoms. The van der Waals surface area contributed by atoms with Crippen LogP contribution in [0.15, 0.2) is 6.07 Å². The van der Waals surface area contributed by atoms with Crippen LogP contribution in [0.1, 0.15) is 102 Å². The number of aryl methyl sites for hydroxylation is 1. The second-order valence-electron chi connectivity index (χ2n) is 11.6. The van der Waals surface area contributed by atoms with E-state index < -0.39 is 24.0 Å². The SMILES string of the molecule is COC(=O)C(C(=O)OC)C(CCC[C@H](C)CCC[C@H](C)CCCC(C)C)Oc1cc(C)c(OC)c(C)c1C. The topological polar surface area (TPSA) is 71.1 Å². The molecule has 218 valence electrons. The Morgan fingerprint density at radius 1 is 0.711 bits per heavy atom. The number of carbonyl (C=O) groups is 2. The van der Waals surface area contributed by atoms with Crippen LogP contribution >= 0.6 is 0 Å². The van der Waals surface area contributed by atoms with Crippen molar-refractivity contribution in [3.63, 3.8) is 0 Å². The molecule has 0 radical (unpaired) electrons. The van der Waals surface area contributed by atoms with Crippen LogP contribution in [0.25, 0.3) is 0 Å². The van der Waals surface area contributed by atoms with Gasteiger partial charge in [-0.1, -0.05) is 72.6 Å². The van der Waals surface area contributed by atoms with E-state index in [4.69, 9.17) is 18.9 Å². The standard InChI is InChI=1S/C32H54O6/c1-21(2)14-11-15-22(3)16-12-17-23(4)18-13-19-27(29(31(33)36-9)32(34)37-10)38-28-20-24(5)30(35-8)26(7)25(28)6/h20-23,27,29H,11-19H2,1-10H3/t22-,23-,27?/m1/s1. The van der Waals surface area contributed by atoms with Crippen molar-refractivity contribution in [2.24, 2.45) is 23.7 Å². The van der Waals surface area contributed by atoms with Gasteiger partial charge in [-0.15, -0.1) is 0 Å². The number of hydrogen-bond acceptors (Lipinski definition) is 6. The maximum Gasteiger partial charge on any atom is 0.323 e. The predicted molar refractivity (Wildman–Crippen MR) is 154 cm³/mol. The van der Waals surface area contributed by atoms with Crippen LogP contribution in [0, 0.1) is 44.4 Å². The van der Waals surface area contributed by atoms with Crippen molar-refractivity contribution in [1.29, 1.82) is 0 Å². The van der Waals surface area contributed by atoms with Crippen molar-refractivity contribution >= 4 is 11.9 Å². The van der Waals surface area contributed by atoms with Gasteiger partial charge in [-0.05, 0) is 74.1 Å². The minimum absolute atomic E-state index is 0.550. The van der Waals surface area contributed by atoms with Gasteiger partial charge in [-0.2, -0.15) is 0 Å². The zero-order valence-electron chi connectivity index (χ0n) is 25.8. The van der Waals surface area contributed by atoms with Crippen LogP contribution < -0.4 is 9.47 Å². The molecule has 0 N–H and O–H groups in total. The van der Waals surface area contributed by atoms with Crippen molar-refractivity contribution in [3.8, 4) is 11.5 Å². The highest BCUT2D eigenvalue weighted by atomic mass is 16.6. The maximum atomic E-state index is 12.7. The van der Waals surface area contributed by atoms with Gasteiger partial charge in [0.1, 0.15) is 17.6 Å². The van der Waals surface area contributed by atoms with Crippen molar-refractivity contribution < 1.29 is 28.5 Å².